The lowest BCUT2D eigenvalue weighted by molar-refractivity contribution is 0.0843. The van der Waals surface area contributed by atoms with E-state index in [0.717, 1.165) is 0 Å². The van der Waals surface area contributed by atoms with Crippen molar-refractivity contribution in [3.8, 4) is 0 Å². The third-order valence-electron chi connectivity index (χ3n) is 1.30. The zero-order valence-corrected chi connectivity index (χ0v) is 11.0. The quantitative estimate of drug-likeness (QED) is 0.664. The van der Waals surface area contributed by atoms with Crippen LogP contribution >= 0.6 is 15.9 Å². The van der Waals surface area contributed by atoms with Gasteiger partial charge in [-0.3, -0.25) is 0 Å². The van der Waals surface area contributed by atoms with Gasteiger partial charge in [0.1, 0.15) is 0 Å². The highest BCUT2D eigenvalue weighted by Gasteiger charge is 2.37. The lowest BCUT2D eigenvalue weighted by Gasteiger charge is -2.24. The van der Waals surface area contributed by atoms with Crippen molar-refractivity contribution in [3.63, 3.8) is 0 Å². The molecule has 0 bridgehead atoms. The predicted molar refractivity (Wildman–Crippen MR) is 58.7 cm³/mol. The largest absolute Gasteiger partial charge is 0.530 e. The molecule has 0 heterocycles. The summed E-state index contributed by atoms with van der Waals surface area (Å²) in [6.07, 6.45) is 0. The van der Waals surface area contributed by atoms with Crippen LogP contribution in [0.1, 0.15) is 20.8 Å². The molecule has 78 valence electrons. The molecule has 0 aliphatic rings. The molecule has 3 nitrogen and oxygen atoms in total. The van der Waals surface area contributed by atoms with Crippen LogP contribution in [-0.2, 0) is 13.3 Å². The van der Waals surface area contributed by atoms with Crippen LogP contribution in [0.25, 0.3) is 0 Å². The van der Waals surface area contributed by atoms with Crippen LogP contribution in [0.4, 0.5) is 0 Å². The molecule has 0 rings (SSSR count). The Balaban J connectivity index is 4.37. The molecule has 5 heteroatoms. The van der Waals surface area contributed by atoms with Crippen molar-refractivity contribution < 1.29 is 13.3 Å². The van der Waals surface area contributed by atoms with E-state index in [-0.39, 0.29) is 0 Å². The second-order valence-corrected chi connectivity index (χ2v) is 5.13. The molecule has 0 unspecified atom stereocenters. The molecule has 0 saturated carbocycles. The van der Waals surface area contributed by atoms with E-state index in [1.807, 2.05) is 26.5 Å². The van der Waals surface area contributed by atoms with Crippen molar-refractivity contribution >= 4 is 24.7 Å². The molecular weight excluding hydrogens is 252 g/mol. The zero-order valence-electron chi connectivity index (χ0n) is 8.38. The van der Waals surface area contributed by atoms with Crippen LogP contribution in [0.5, 0.6) is 0 Å². The highest BCUT2D eigenvalue weighted by molar-refractivity contribution is 9.11. The Bertz CT molecular complexity index is 135. The lowest BCUT2D eigenvalue weighted by atomic mass is 10.9. The SMILES string of the molecule is CCO[Si](/C=C/Br)(OCC)OCC. The first kappa shape index (κ1) is 13.3. The summed E-state index contributed by atoms with van der Waals surface area (Å²) >= 11 is 3.21. The number of halogens is 1. The molecule has 0 spiro atoms. The minimum atomic E-state index is -2.52. The Morgan fingerprint density at radius 3 is 1.62 bits per heavy atom. The Hall–Kier alpha value is 0.317. The molecule has 13 heavy (non-hydrogen) atoms. The van der Waals surface area contributed by atoms with Crippen LogP contribution < -0.4 is 0 Å². The lowest BCUT2D eigenvalue weighted by Crippen LogP contribution is -2.44. The minimum absolute atomic E-state index is 0.601. The predicted octanol–water partition coefficient (Wildman–Crippen LogP) is 2.48. The minimum Gasteiger partial charge on any atom is -0.371 e. The summed E-state index contributed by atoms with van der Waals surface area (Å²) in [5.41, 5.74) is 1.84. The number of hydrogen-bond acceptors (Lipinski definition) is 3. The first-order valence-corrected chi connectivity index (χ1v) is 7.16. The maximum Gasteiger partial charge on any atom is 0.530 e. The molecule has 0 amide bonds. The van der Waals surface area contributed by atoms with E-state index in [9.17, 15) is 0 Å². The molecule has 0 aliphatic carbocycles. The van der Waals surface area contributed by atoms with E-state index in [1.165, 1.54) is 0 Å². The first-order chi connectivity index (χ1) is 6.24. The van der Waals surface area contributed by atoms with E-state index < -0.39 is 8.80 Å². The van der Waals surface area contributed by atoms with Gasteiger partial charge in [-0.1, -0.05) is 15.9 Å². The fourth-order valence-electron chi connectivity index (χ4n) is 0.950. The van der Waals surface area contributed by atoms with Crippen molar-refractivity contribution in [1.82, 2.24) is 0 Å². The van der Waals surface area contributed by atoms with Crippen molar-refractivity contribution in [1.29, 1.82) is 0 Å². The Kier molecular flexibility index (Phi) is 7.88. The van der Waals surface area contributed by atoms with Crippen LogP contribution in [0.15, 0.2) is 10.7 Å². The van der Waals surface area contributed by atoms with Gasteiger partial charge in [0.05, 0.1) is 0 Å². The molecule has 0 radical (unpaired) electrons. The molecule has 0 aromatic carbocycles. The second-order valence-electron chi connectivity index (χ2n) is 2.20. The fourth-order valence-corrected chi connectivity index (χ4v) is 3.82. The normalized spacial score (nSPS) is 12.6. The molecular formula is C8H17BrO3Si. The third-order valence-corrected chi connectivity index (χ3v) is 4.70. The van der Waals surface area contributed by atoms with Gasteiger partial charge in [-0.15, -0.1) is 0 Å². The molecule has 0 saturated heterocycles. The topological polar surface area (TPSA) is 27.7 Å². The average molecular weight is 269 g/mol. The van der Waals surface area contributed by atoms with Crippen molar-refractivity contribution in [3.05, 3.63) is 10.7 Å². The van der Waals surface area contributed by atoms with Gasteiger partial charge in [-0.2, -0.15) is 0 Å². The standard InChI is InChI=1S/C8H17BrO3Si/c1-4-10-13(8-7-9,11-5-2)12-6-3/h7-8H,4-6H2,1-3H3/b8-7+. The van der Waals surface area contributed by atoms with Crippen LogP contribution in [0.2, 0.25) is 0 Å². The number of rotatable bonds is 7. The summed E-state index contributed by atoms with van der Waals surface area (Å²) in [6.45, 7) is 7.60. The highest BCUT2D eigenvalue weighted by Crippen LogP contribution is 2.12. The van der Waals surface area contributed by atoms with Crippen molar-refractivity contribution in [2.75, 3.05) is 19.8 Å². The van der Waals surface area contributed by atoms with Gasteiger partial charge in [-0.05, 0) is 31.5 Å². The Labute approximate surface area is 89.6 Å². The third kappa shape index (κ3) is 4.92. The summed E-state index contributed by atoms with van der Waals surface area (Å²) in [7, 11) is -2.52. The smallest absolute Gasteiger partial charge is 0.371 e. The Morgan fingerprint density at radius 2 is 1.38 bits per heavy atom. The van der Waals surface area contributed by atoms with Crippen molar-refractivity contribution in [2.45, 2.75) is 20.8 Å². The first-order valence-electron chi connectivity index (χ1n) is 4.44. The van der Waals surface area contributed by atoms with E-state index in [4.69, 9.17) is 13.3 Å². The van der Waals surface area contributed by atoms with E-state index in [0.29, 0.717) is 19.8 Å². The van der Waals surface area contributed by atoms with E-state index in [1.54, 1.807) is 4.99 Å². The summed E-state index contributed by atoms with van der Waals surface area (Å²) in [4.78, 5) is 1.74. The number of hydrogen-bond donors (Lipinski definition) is 0. The molecule has 0 aromatic heterocycles. The highest BCUT2D eigenvalue weighted by atomic mass is 79.9. The van der Waals surface area contributed by atoms with Gasteiger partial charge >= 0.3 is 8.80 Å². The summed E-state index contributed by atoms with van der Waals surface area (Å²) in [5.74, 6) is 0. The zero-order chi connectivity index (χ0) is 10.2. The van der Waals surface area contributed by atoms with Gasteiger partial charge in [0.15, 0.2) is 0 Å². The van der Waals surface area contributed by atoms with Gasteiger partial charge in [0.2, 0.25) is 0 Å². The van der Waals surface area contributed by atoms with E-state index >= 15 is 0 Å². The summed E-state index contributed by atoms with van der Waals surface area (Å²) in [5, 5.41) is 0. The molecule has 0 N–H and O–H groups in total. The monoisotopic (exact) mass is 268 g/mol. The molecule has 0 atom stereocenters. The van der Waals surface area contributed by atoms with E-state index in [2.05, 4.69) is 15.9 Å². The maximum atomic E-state index is 5.53. The van der Waals surface area contributed by atoms with Gasteiger partial charge in [-0.25, -0.2) is 0 Å². The van der Waals surface area contributed by atoms with Crippen molar-refractivity contribution in [2.24, 2.45) is 0 Å². The molecule has 0 aromatic rings. The summed E-state index contributed by atoms with van der Waals surface area (Å²) < 4.78 is 16.6. The second kappa shape index (κ2) is 7.70. The average Bonchev–Trinajstić information content (AvgIpc) is 2.06. The van der Waals surface area contributed by atoms with Gasteiger partial charge < -0.3 is 13.3 Å². The van der Waals surface area contributed by atoms with Crippen LogP contribution in [0.3, 0.4) is 0 Å². The Morgan fingerprint density at radius 1 is 1.00 bits per heavy atom. The maximum absolute atomic E-state index is 5.53. The summed E-state index contributed by atoms with van der Waals surface area (Å²) in [6, 6.07) is 0. The van der Waals surface area contributed by atoms with Gasteiger partial charge in [0.25, 0.3) is 0 Å². The van der Waals surface area contributed by atoms with Crippen LogP contribution in [0, 0.1) is 0 Å². The van der Waals surface area contributed by atoms with Gasteiger partial charge in [0, 0.05) is 19.8 Å². The van der Waals surface area contributed by atoms with Crippen LogP contribution in [-0.4, -0.2) is 28.6 Å². The molecule has 0 fully saturated rings. The molecule has 0 aliphatic heterocycles. The fraction of sp³-hybridized carbons (Fsp3) is 0.750.